The third-order valence-electron chi connectivity index (χ3n) is 4.85. The van der Waals surface area contributed by atoms with Gasteiger partial charge < -0.3 is 9.64 Å². The number of carbonyl (C=O) groups is 1. The molecule has 3 rings (SSSR count). The van der Waals surface area contributed by atoms with E-state index in [0.29, 0.717) is 12.5 Å². The van der Waals surface area contributed by atoms with Crippen molar-refractivity contribution >= 4 is 15.7 Å². The Labute approximate surface area is 145 Å². The van der Waals surface area contributed by atoms with Crippen molar-refractivity contribution < 1.29 is 26.7 Å². The second-order valence-electron chi connectivity index (χ2n) is 6.66. The van der Waals surface area contributed by atoms with Gasteiger partial charge in [-0.25, -0.2) is 17.2 Å². The van der Waals surface area contributed by atoms with E-state index in [1.165, 1.54) is 0 Å². The maximum atomic E-state index is 13.6. The molecule has 2 aliphatic rings. The van der Waals surface area contributed by atoms with Crippen molar-refractivity contribution in [3.05, 3.63) is 29.8 Å². The van der Waals surface area contributed by atoms with Crippen LogP contribution in [0.25, 0.3) is 0 Å². The second kappa shape index (κ2) is 7.27. The molecular weight excluding hydrogens is 352 g/mol. The molecule has 1 saturated heterocycles. The van der Waals surface area contributed by atoms with Gasteiger partial charge in [0, 0.05) is 18.2 Å². The molecule has 1 saturated carbocycles. The van der Waals surface area contributed by atoms with Crippen LogP contribution in [0.1, 0.15) is 32.1 Å². The fourth-order valence-electron chi connectivity index (χ4n) is 3.69. The zero-order valence-electron chi connectivity index (χ0n) is 13.8. The van der Waals surface area contributed by atoms with Crippen LogP contribution in [0.3, 0.4) is 0 Å². The summed E-state index contributed by atoms with van der Waals surface area (Å²) in [6.07, 6.45) is 4.11. The average molecular weight is 373 g/mol. The first-order chi connectivity index (χ1) is 11.9. The highest BCUT2D eigenvalue weighted by Gasteiger charge is 2.39. The number of hydrogen-bond acceptors (Lipinski definition) is 4. The molecule has 0 spiro atoms. The predicted octanol–water partition coefficient (Wildman–Crippen LogP) is 2.30. The molecular formula is C17H21F2NO4S. The Kier molecular flexibility index (Phi) is 5.27. The van der Waals surface area contributed by atoms with Gasteiger partial charge in [-0.1, -0.05) is 12.8 Å². The quantitative estimate of drug-likeness (QED) is 0.795. The van der Waals surface area contributed by atoms with Gasteiger partial charge >= 0.3 is 0 Å². The van der Waals surface area contributed by atoms with Crippen LogP contribution in [0.4, 0.5) is 8.78 Å². The van der Waals surface area contributed by atoms with E-state index >= 15 is 0 Å². The lowest BCUT2D eigenvalue weighted by Crippen LogP contribution is -2.48. The molecule has 0 bridgehead atoms. The molecule has 25 heavy (non-hydrogen) atoms. The van der Waals surface area contributed by atoms with Gasteiger partial charge in [-0.15, -0.1) is 0 Å². The van der Waals surface area contributed by atoms with E-state index in [1.54, 1.807) is 4.90 Å². The maximum Gasteiger partial charge on any atom is 0.261 e. The molecule has 1 atom stereocenters. The first-order valence-corrected chi connectivity index (χ1v) is 10.3. The van der Waals surface area contributed by atoms with Crippen molar-refractivity contribution in [3.63, 3.8) is 0 Å². The molecule has 1 unspecified atom stereocenters. The lowest BCUT2D eigenvalue weighted by molar-refractivity contribution is -0.137. The Morgan fingerprint density at radius 1 is 1.16 bits per heavy atom. The minimum Gasteiger partial charge on any atom is -0.481 e. The van der Waals surface area contributed by atoms with Gasteiger partial charge in [-0.3, -0.25) is 4.79 Å². The molecule has 2 fully saturated rings. The van der Waals surface area contributed by atoms with Gasteiger partial charge in [0.15, 0.2) is 28.0 Å². The van der Waals surface area contributed by atoms with Gasteiger partial charge in [0.2, 0.25) is 0 Å². The third-order valence-corrected chi connectivity index (χ3v) is 6.60. The molecule has 0 N–H and O–H groups in total. The first-order valence-electron chi connectivity index (χ1n) is 8.45. The molecule has 8 heteroatoms. The Balaban J connectivity index is 1.70. The average Bonchev–Trinajstić information content (AvgIpc) is 3.17. The summed E-state index contributed by atoms with van der Waals surface area (Å²) >= 11 is 0. The van der Waals surface area contributed by atoms with E-state index in [4.69, 9.17) is 4.74 Å². The van der Waals surface area contributed by atoms with Crippen molar-refractivity contribution in [2.45, 2.75) is 44.2 Å². The summed E-state index contributed by atoms with van der Waals surface area (Å²) in [4.78, 5) is 14.3. The number of ether oxygens (including phenoxy) is 1. The second-order valence-corrected chi connectivity index (χ2v) is 8.89. The predicted molar refractivity (Wildman–Crippen MR) is 88.0 cm³/mol. The minimum absolute atomic E-state index is 0.00691. The lowest BCUT2D eigenvalue weighted by Gasteiger charge is -2.34. The number of amides is 1. The highest BCUT2D eigenvalue weighted by molar-refractivity contribution is 7.91. The smallest absolute Gasteiger partial charge is 0.261 e. The van der Waals surface area contributed by atoms with Crippen LogP contribution in [-0.2, 0) is 14.6 Å². The highest BCUT2D eigenvalue weighted by Crippen LogP contribution is 2.29. The molecule has 1 aromatic carbocycles. The van der Waals surface area contributed by atoms with E-state index in [0.717, 1.165) is 37.8 Å². The lowest BCUT2D eigenvalue weighted by atomic mass is 10.1. The first kappa shape index (κ1) is 18.1. The van der Waals surface area contributed by atoms with E-state index < -0.39 is 28.1 Å². The summed E-state index contributed by atoms with van der Waals surface area (Å²) in [5, 5.41) is 0. The maximum absolute atomic E-state index is 13.6. The van der Waals surface area contributed by atoms with Crippen molar-refractivity contribution in [1.82, 2.24) is 4.90 Å². The molecule has 0 radical (unpaired) electrons. The topological polar surface area (TPSA) is 63.7 Å². The highest BCUT2D eigenvalue weighted by atomic mass is 32.2. The summed E-state index contributed by atoms with van der Waals surface area (Å²) in [5.74, 6) is -2.08. The van der Waals surface area contributed by atoms with Crippen LogP contribution in [0, 0.1) is 11.6 Å². The fourth-order valence-corrected chi connectivity index (χ4v) is 5.40. The van der Waals surface area contributed by atoms with Crippen LogP contribution in [0.5, 0.6) is 5.75 Å². The number of rotatable bonds is 5. The van der Waals surface area contributed by atoms with E-state index in [1.807, 2.05) is 0 Å². The van der Waals surface area contributed by atoms with Gasteiger partial charge in [0.05, 0.1) is 11.5 Å². The van der Waals surface area contributed by atoms with E-state index in [-0.39, 0.29) is 35.2 Å². The van der Waals surface area contributed by atoms with Gasteiger partial charge in [0.25, 0.3) is 5.91 Å². The molecule has 1 aromatic rings. The van der Waals surface area contributed by atoms with Gasteiger partial charge in [0.1, 0.15) is 5.82 Å². The molecule has 1 amide bonds. The molecule has 1 aliphatic heterocycles. The minimum atomic E-state index is -3.12. The zero-order valence-corrected chi connectivity index (χ0v) is 14.6. The van der Waals surface area contributed by atoms with Crippen molar-refractivity contribution in [3.8, 4) is 5.75 Å². The molecule has 138 valence electrons. The van der Waals surface area contributed by atoms with Crippen molar-refractivity contribution in [1.29, 1.82) is 0 Å². The van der Waals surface area contributed by atoms with Gasteiger partial charge in [-0.05, 0) is 31.4 Å². The molecule has 5 nitrogen and oxygen atoms in total. The Morgan fingerprint density at radius 3 is 2.48 bits per heavy atom. The van der Waals surface area contributed by atoms with Crippen LogP contribution in [-0.4, -0.2) is 49.4 Å². The Morgan fingerprint density at radius 2 is 1.88 bits per heavy atom. The normalized spacial score (nSPS) is 22.9. The van der Waals surface area contributed by atoms with Crippen LogP contribution in [0.2, 0.25) is 0 Å². The summed E-state index contributed by atoms with van der Waals surface area (Å²) in [5.41, 5.74) is 0. The molecule has 1 heterocycles. The van der Waals surface area contributed by atoms with Crippen molar-refractivity contribution in [2.24, 2.45) is 0 Å². The van der Waals surface area contributed by atoms with E-state index in [2.05, 4.69) is 0 Å². The number of benzene rings is 1. The summed E-state index contributed by atoms with van der Waals surface area (Å²) < 4.78 is 55.4. The van der Waals surface area contributed by atoms with Gasteiger partial charge in [-0.2, -0.15) is 0 Å². The zero-order chi connectivity index (χ0) is 18.0. The number of sulfone groups is 1. The Bertz CT molecular complexity index is 747. The molecule has 0 aromatic heterocycles. The number of halogens is 2. The van der Waals surface area contributed by atoms with Crippen LogP contribution in [0.15, 0.2) is 18.2 Å². The molecule has 1 aliphatic carbocycles. The SMILES string of the molecule is O=C(COc1ccc(F)cc1F)N(C1CCCC1)C1CCS(=O)(=O)C1. The largest absolute Gasteiger partial charge is 0.481 e. The number of carbonyl (C=O) groups excluding carboxylic acids is 1. The summed E-state index contributed by atoms with van der Waals surface area (Å²) in [7, 11) is -3.12. The van der Waals surface area contributed by atoms with Crippen LogP contribution < -0.4 is 4.74 Å². The standard InChI is InChI=1S/C17H21F2NO4S/c18-12-5-6-16(15(19)9-12)24-10-17(21)20(13-3-1-2-4-13)14-7-8-25(22,23)11-14/h5-6,9,13-14H,1-4,7-8,10-11H2. The Hall–Kier alpha value is -1.70. The third kappa shape index (κ3) is 4.29. The summed E-state index contributed by atoms with van der Waals surface area (Å²) in [6, 6.07) is 2.55. The number of hydrogen-bond donors (Lipinski definition) is 0. The fraction of sp³-hybridized carbons (Fsp3) is 0.588. The van der Waals surface area contributed by atoms with Crippen LogP contribution >= 0.6 is 0 Å². The van der Waals surface area contributed by atoms with Crippen molar-refractivity contribution in [2.75, 3.05) is 18.1 Å². The van der Waals surface area contributed by atoms with E-state index in [9.17, 15) is 22.0 Å². The number of nitrogens with zero attached hydrogens (tertiary/aromatic N) is 1. The monoisotopic (exact) mass is 373 g/mol. The summed E-state index contributed by atoms with van der Waals surface area (Å²) in [6.45, 7) is -0.393.